The van der Waals surface area contributed by atoms with Crippen LogP contribution in [0.3, 0.4) is 0 Å². The number of amides is 1. The molecule has 2 aromatic rings. The lowest BCUT2D eigenvalue weighted by Gasteiger charge is -2.01. The molecule has 2 N–H and O–H groups in total. The van der Waals surface area contributed by atoms with Crippen molar-refractivity contribution in [2.75, 3.05) is 7.05 Å². The quantitative estimate of drug-likeness (QED) is 0.864. The molecule has 5 heteroatoms. The first-order chi connectivity index (χ1) is 8.78. The van der Waals surface area contributed by atoms with E-state index in [0.717, 1.165) is 18.7 Å². The first-order valence-corrected chi connectivity index (χ1v) is 6.60. The van der Waals surface area contributed by atoms with E-state index >= 15 is 0 Å². The third kappa shape index (κ3) is 1.91. The normalized spacial score (nSPS) is 13.4. The molecule has 18 heavy (non-hydrogen) atoms. The van der Waals surface area contributed by atoms with Gasteiger partial charge in [-0.1, -0.05) is 0 Å². The molecule has 0 saturated heterocycles. The van der Waals surface area contributed by atoms with Crippen LogP contribution >= 0.6 is 11.3 Å². The summed E-state index contributed by atoms with van der Waals surface area (Å²) in [5, 5.41) is 5.88. The Bertz CT molecular complexity index is 567. The molecular formula is C13H13N3OS. The molecule has 4 nitrogen and oxygen atoms in total. The minimum absolute atomic E-state index is 0.153. The van der Waals surface area contributed by atoms with Crippen molar-refractivity contribution < 1.29 is 4.79 Å². The molecule has 0 unspecified atom stereocenters. The van der Waals surface area contributed by atoms with Crippen LogP contribution in [0.5, 0.6) is 0 Å². The number of nitrogens with zero attached hydrogens (tertiary/aromatic N) is 1. The summed E-state index contributed by atoms with van der Waals surface area (Å²) in [5.74, 6) is -0.153. The summed E-state index contributed by atoms with van der Waals surface area (Å²) in [7, 11) is 1.61. The fourth-order valence-electron chi connectivity index (χ4n) is 2.02. The smallest absolute Gasteiger partial charge is 0.269 e. The van der Waals surface area contributed by atoms with E-state index in [2.05, 4.69) is 21.7 Å². The van der Waals surface area contributed by atoms with Gasteiger partial charge in [0, 0.05) is 41.7 Å². The van der Waals surface area contributed by atoms with Gasteiger partial charge < -0.3 is 10.6 Å². The maximum Gasteiger partial charge on any atom is 0.269 e. The second kappa shape index (κ2) is 4.51. The number of hydrogen-bond acceptors (Lipinski definition) is 4. The highest BCUT2D eigenvalue weighted by atomic mass is 32.1. The Labute approximate surface area is 109 Å². The third-order valence-corrected chi connectivity index (χ3v) is 4.23. The van der Waals surface area contributed by atoms with E-state index in [1.54, 1.807) is 30.6 Å². The van der Waals surface area contributed by atoms with Gasteiger partial charge in [-0.3, -0.25) is 9.78 Å². The molecule has 3 heterocycles. The van der Waals surface area contributed by atoms with Crippen molar-refractivity contribution in [2.45, 2.75) is 13.1 Å². The van der Waals surface area contributed by atoms with Crippen molar-refractivity contribution >= 4 is 17.2 Å². The van der Waals surface area contributed by atoms with E-state index in [1.807, 2.05) is 6.07 Å². The van der Waals surface area contributed by atoms with Crippen molar-refractivity contribution in [1.82, 2.24) is 15.6 Å². The van der Waals surface area contributed by atoms with Gasteiger partial charge >= 0.3 is 0 Å². The zero-order valence-corrected chi connectivity index (χ0v) is 10.8. The SMILES string of the molecule is CNC(=O)c1ccc(-c2cc3c(s2)CNC3)cn1. The predicted octanol–water partition coefficient (Wildman–Crippen LogP) is 1.77. The molecule has 0 aliphatic carbocycles. The van der Waals surface area contributed by atoms with Crippen LogP contribution in [0, 0.1) is 0 Å². The first-order valence-electron chi connectivity index (χ1n) is 5.79. The maximum absolute atomic E-state index is 11.4. The van der Waals surface area contributed by atoms with E-state index in [-0.39, 0.29) is 5.91 Å². The number of hydrogen-bond donors (Lipinski definition) is 2. The van der Waals surface area contributed by atoms with Crippen molar-refractivity contribution in [3.05, 3.63) is 40.5 Å². The number of rotatable bonds is 2. The highest BCUT2D eigenvalue weighted by Crippen LogP contribution is 2.33. The van der Waals surface area contributed by atoms with Gasteiger partial charge in [0.15, 0.2) is 0 Å². The van der Waals surface area contributed by atoms with Crippen LogP contribution in [0.15, 0.2) is 24.4 Å². The van der Waals surface area contributed by atoms with E-state index < -0.39 is 0 Å². The number of nitrogens with one attached hydrogen (secondary N) is 2. The van der Waals surface area contributed by atoms with Crippen LogP contribution in [0.2, 0.25) is 0 Å². The molecule has 0 fully saturated rings. The molecule has 0 bridgehead atoms. The average Bonchev–Trinajstić information content (AvgIpc) is 2.99. The summed E-state index contributed by atoms with van der Waals surface area (Å²) in [6.07, 6.45) is 1.76. The lowest BCUT2D eigenvalue weighted by Crippen LogP contribution is -2.18. The topological polar surface area (TPSA) is 54.0 Å². The van der Waals surface area contributed by atoms with Gasteiger partial charge in [0.1, 0.15) is 5.69 Å². The zero-order valence-electron chi connectivity index (χ0n) is 9.99. The monoisotopic (exact) mass is 259 g/mol. The molecule has 0 atom stereocenters. The van der Waals surface area contributed by atoms with E-state index in [1.165, 1.54) is 15.3 Å². The van der Waals surface area contributed by atoms with E-state index in [9.17, 15) is 4.79 Å². The molecular weight excluding hydrogens is 246 g/mol. The van der Waals surface area contributed by atoms with Crippen LogP contribution in [-0.4, -0.2) is 17.9 Å². The third-order valence-electron chi connectivity index (χ3n) is 3.01. The first kappa shape index (κ1) is 11.4. The van der Waals surface area contributed by atoms with Gasteiger partial charge in [-0.15, -0.1) is 11.3 Å². The number of carbonyl (C=O) groups excluding carboxylic acids is 1. The summed E-state index contributed by atoms with van der Waals surface area (Å²) in [5.41, 5.74) is 2.90. The van der Waals surface area contributed by atoms with E-state index in [4.69, 9.17) is 0 Å². The van der Waals surface area contributed by atoms with Crippen LogP contribution < -0.4 is 10.6 Å². The Morgan fingerprint density at radius 2 is 2.33 bits per heavy atom. The van der Waals surface area contributed by atoms with Crippen LogP contribution in [-0.2, 0) is 13.1 Å². The minimum atomic E-state index is -0.153. The van der Waals surface area contributed by atoms with Gasteiger partial charge in [-0.05, 0) is 23.8 Å². The van der Waals surface area contributed by atoms with Crippen LogP contribution in [0.4, 0.5) is 0 Å². The largest absolute Gasteiger partial charge is 0.354 e. The highest BCUT2D eigenvalue weighted by molar-refractivity contribution is 7.15. The summed E-state index contributed by atoms with van der Waals surface area (Å²) >= 11 is 1.79. The fraction of sp³-hybridized carbons (Fsp3) is 0.231. The van der Waals surface area contributed by atoms with Gasteiger partial charge in [0.05, 0.1) is 0 Å². The number of aromatic nitrogens is 1. The van der Waals surface area contributed by atoms with Gasteiger partial charge in [-0.25, -0.2) is 0 Å². The standard InChI is InChI=1S/C13H13N3OS/c1-14-13(17)10-3-2-8(6-16-10)11-4-9-5-15-7-12(9)18-11/h2-4,6,15H,5,7H2,1H3,(H,14,17). The molecule has 1 aliphatic rings. The number of carbonyl (C=O) groups is 1. The minimum Gasteiger partial charge on any atom is -0.354 e. The molecule has 0 radical (unpaired) electrons. The van der Waals surface area contributed by atoms with Gasteiger partial charge in [0.25, 0.3) is 5.91 Å². The summed E-state index contributed by atoms with van der Waals surface area (Å²) < 4.78 is 0. The molecule has 0 saturated carbocycles. The molecule has 92 valence electrons. The van der Waals surface area contributed by atoms with Crippen LogP contribution in [0.1, 0.15) is 20.9 Å². The van der Waals surface area contributed by atoms with Crippen molar-refractivity contribution in [3.63, 3.8) is 0 Å². The number of thiophene rings is 1. The maximum atomic E-state index is 11.4. The Morgan fingerprint density at radius 3 is 3.00 bits per heavy atom. The molecule has 2 aromatic heterocycles. The van der Waals surface area contributed by atoms with Gasteiger partial charge in [-0.2, -0.15) is 0 Å². The molecule has 3 rings (SSSR count). The molecule has 0 aromatic carbocycles. The van der Waals surface area contributed by atoms with Gasteiger partial charge in [0.2, 0.25) is 0 Å². The fourth-order valence-corrected chi connectivity index (χ4v) is 3.16. The van der Waals surface area contributed by atoms with E-state index in [0.29, 0.717) is 5.69 Å². The zero-order chi connectivity index (χ0) is 12.5. The second-order valence-corrected chi connectivity index (χ2v) is 5.31. The average molecular weight is 259 g/mol. The highest BCUT2D eigenvalue weighted by Gasteiger charge is 2.15. The Morgan fingerprint density at radius 1 is 1.44 bits per heavy atom. The Balaban J connectivity index is 1.90. The molecule has 1 amide bonds. The lowest BCUT2D eigenvalue weighted by atomic mass is 10.2. The second-order valence-electron chi connectivity index (χ2n) is 4.17. The van der Waals surface area contributed by atoms with Crippen molar-refractivity contribution in [3.8, 4) is 10.4 Å². The summed E-state index contributed by atoms with van der Waals surface area (Å²) in [6, 6.07) is 5.92. The summed E-state index contributed by atoms with van der Waals surface area (Å²) in [4.78, 5) is 18.2. The van der Waals surface area contributed by atoms with Crippen molar-refractivity contribution in [2.24, 2.45) is 0 Å². The lowest BCUT2D eigenvalue weighted by molar-refractivity contribution is 0.0958. The number of fused-ring (bicyclic) bond motifs is 1. The molecule has 0 spiro atoms. The predicted molar refractivity (Wildman–Crippen MR) is 71.5 cm³/mol. The number of pyridine rings is 1. The van der Waals surface area contributed by atoms with Crippen LogP contribution in [0.25, 0.3) is 10.4 Å². The summed E-state index contributed by atoms with van der Waals surface area (Å²) in [6.45, 7) is 1.92. The molecule has 1 aliphatic heterocycles. The Hall–Kier alpha value is -1.72. The Kier molecular flexibility index (Phi) is 2.85. The van der Waals surface area contributed by atoms with Crippen molar-refractivity contribution in [1.29, 1.82) is 0 Å².